The zero-order valence-corrected chi connectivity index (χ0v) is 21.3. The largest absolute Gasteiger partial charge is 0.508 e. The van der Waals surface area contributed by atoms with E-state index in [2.05, 4.69) is 50.9 Å². The summed E-state index contributed by atoms with van der Waals surface area (Å²) in [7, 11) is 0. The predicted octanol–water partition coefficient (Wildman–Crippen LogP) is 8.57. The van der Waals surface area contributed by atoms with Gasteiger partial charge in [-0.3, -0.25) is 0 Å². The Bertz CT molecular complexity index is 1330. The van der Waals surface area contributed by atoms with E-state index in [1.54, 1.807) is 30.4 Å². The van der Waals surface area contributed by atoms with E-state index in [0.717, 1.165) is 44.5 Å². The third kappa shape index (κ3) is 5.46. The van der Waals surface area contributed by atoms with Crippen molar-refractivity contribution in [2.45, 2.75) is 32.1 Å². The second kappa shape index (κ2) is 11.2. The lowest BCUT2D eigenvalue weighted by Gasteiger charge is -2.28. The van der Waals surface area contributed by atoms with Crippen LogP contribution in [0.25, 0.3) is 22.3 Å². The third-order valence-electron chi connectivity index (χ3n) is 7.14. The minimum absolute atomic E-state index is 0.0686. The number of hydrogen-bond acceptors (Lipinski definition) is 3. The van der Waals surface area contributed by atoms with E-state index < -0.39 is 0 Å². The van der Waals surface area contributed by atoms with Gasteiger partial charge in [0.15, 0.2) is 0 Å². The topological polar surface area (TPSA) is 60.7 Å². The van der Waals surface area contributed by atoms with Crippen molar-refractivity contribution >= 4 is 0 Å². The maximum absolute atomic E-state index is 10.5. The Morgan fingerprint density at radius 3 is 1.68 bits per heavy atom. The lowest BCUT2D eigenvalue weighted by Crippen LogP contribution is -2.15. The highest BCUT2D eigenvalue weighted by Crippen LogP contribution is 2.41. The van der Waals surface area contributed by atoms with Crippen LogP contribution < -0.4 is 0 Å². The van der Waals surface area contributed by atoms with E-state index in [-0.39, 0.29) is 23.3 Å². The van der Waals surface area contributed by atoms with Crippen LogP contribution in [0.15, 0.2) is 116 Å². The predicted molar refractivity (Wildman–Crippen MR) is 154 cm³/mol. The van der Waals surface area contributed by atoms with Crippen molar-refractivity contribution in [1.82, 2.24) is 0 Å². The van der Waals surface area contributed by atoms with Crippen LogP contribution in [0.3, 0.4) is 0 Å². The first-order valence-corrected chi connectivity index (χ1v) is 12.6. The number of phenolic OH excluding ortho intramolecular Hbond substituents is 2. The highest BCUT2D eigenvalue weighted by Gasteiger charge is 2.26. The molecule has 3 N–H and O–H groups in total. The van der Waals surface area contributed by atoms with E-state index in [4.69, 9.17) is 0 Å². The molecule has 3 aromatic carbocycles. The molecule has 0 aromatic heterocycles. The molecule has 0 saturated heterocycles. The molecule has 0 heterocycles. The highest BCUT2D eigenvalue weighted by molar-refractivity contribution is 5.76. The Labute approximate surface area is 219 Å². The minimum Gasteiger partial charge on any atom is -0.508 e. The summed E-state index contributed by atoms with van der Waals surface area (Å²) in [4.78, 5) is 0. The van der Waals surface area contributed by atoms with E-state index in [0.29, 0.717) is 25.0 Å². The number of benzene rings is 3. The van der Waals surface area contributed by atoms with Gasteiger partial charge in [0.2, 0.25) is 0 Å². The third-order valence-corrected chi connectivity index (χ3v) is 7.14. The lowest BCUT2D eigenvalue weighted by atomic mass is 9.76. The summed E-state index contributed by atoms with van der Waals surface area (Å²) < 4.78 is 0. The number of rotatable bonds is 9. The Balaban J connectivity index is 1.89. The first-order chi connectivity index (χ1) is 17.9. The first kappa shape index (κ1) is 25.8. The molecular formula is C34H34O3. The lowest BCUT2D eigenvalue weighted by molar-refractivity contribution is 0.399. The molecule has 0 aliphatic heterocycles. The van der Waals surface area contributed by atoms with Crippen molar-refractivity contribution in [3.8, 4) is 33.8 Å². The second-order valence-corrected chi connectivity index (χ2v) is 9.59. The average Bonchev–Trinajstić information content (AvgIpc) is 2.89. The molecule has 188 valence electrons. The standard InChI is InChI=1S/C34H34O3/c1-5-8-25-17-23(11-14-32(25)35)27-19-28(24-12-15-33(36)26(18-24)9-6-2)21-29(20-27)30-13-16-34(37)31(10-7-3)22(30)4/h5-7,11-22,30,35-37H,1-3,8-10H2,4H3. The number of phenols is 2. The fourth-order valence-electron chi connectivity index (χ4n) is 5.11. The van der Waals surface area contributed by atoms with Crippen molar-refractivity contribution in [3.63, 3.8) is 0 Å². The van der Waals surface area contributed by atoms with E-state index in [1.807, 2.05) is 30.3 Å². The molecule has 2 atom stereocenters. The second-order valence-electron chi connectivity index (χ2n) is 9.59. The van der Waals surface area contributed by atoms with Crippen molar-refractivity contribution in [1.29, 1.82) is 0 Å². The highest BCUT2D eigenvalue weighted by atomic mass is 16.3. The molecule has 0 spiro atoms. The molecule has 1 aliphatic rings. The molecular weight excluding hydrogens is 456 g/mol. The monoisotopic (exact) mass is 490 g/mol. The van der Waals surface area contributed by atoms with Gasteiger partial charge in [-0.2, -0.15) is 0 Å². The summed E-state index contributed by atoms with van der Waals surface area (Å²) in [6.07, 6.45) is 11.0. The van der Waals surface area contributed by atoms with Gasteiger partial charge in [0.25, 0.3) is 0 Å². The molecule has 3 heteroatoms. The summed E-state index contributed by atoms with van der Waals surface area (Å²) in [6.45, 7) is 13.6. The van der Waals surface area contributed by atoms with Gasteiger partial charge in [-0.1, -0.05) is 55.5 Å². The van der Waals surface area contributed by atoms with Crippen molar-refractivity contribution in [2.75, 3.05) is 0 Å². The SMILES string of the molecule is C=CCC1=C(O)C=CC(c2cc(-c3ccc(O)c(CC=C)c3)cc(-c3ccc(O)c(CC=C)c3)c2)C1C. The first-order valence-electron chi connectivity index (χ1n) is 12.6. The van der Waals surface area contributed by atoms with E-state index >= 15 is 0 Å². The van der Waals surface area contributed by atoms with Crippen LogP contribution in [0, 0.1) is 5.92 Å². The molecule has 0 amide bonds. The molecule has 37 heavy (non-hydrogen) atoms. The van der Waals surface area contributed by atoms with Gasteiger partial charge in [-0.05, 0) is 106 Å². The van der Waals surface area contributed by atoms with Gasteiger partial charge >= 0.3 is 0 Å². The molecule has 0 bridgehead atoms. The number of aliphatic hydroxyl groups excluding tert-OH is 1. The van der Waals surface area contributed by atoms with Crippen LogP contribution >= 0.6 is 0 Å². The van der Waals surface area contributed by atoms with Crippen LogP contribution in [0.4, 0.5) is 0 Å². The van der Waals surface area contributed by atoms with Crippen LogP contribution in [-0.4, -0.2) is 15.3 Å². The van der Waals surface area contributed by atoms with Crippen LogP contribution in [0.1, 0.15) is 36.0 Å². The summed E-state index contributed by atoms with van der Waals surface area (Å²) in [5, 5.41) is 31.1. The molecule has 2 unspecified atom stereocenters. The van der Waals surface area contributed by atoms with Gasteiger partial charge in [0.05, 0.1) is 0 Å². The van der Waals surface area contributed by atoms with Crippen molar-refractivity contribution < 1.29 is 15.3 Å². The van der Waals surface area contributed by atoms with Crippen molar-refractivity contribution in [3.05, 3.63) is 133 Å². The molecule has 3 nitrogen and oxygen atoms in total. The molecule has 1 aliphatic carbocycles. The van der Waals surface area contributed by atoms with Gasteiger partial charge in [-0.15, -0.1) is 19.7 Å². The zero-order valence-electron chi connectivity index (χ0n) is 21.3. The van der Waals surface area contributed by atoms with Crippen LogP contribution in [0.5, 0.6) is 11.5 Å². The van der Waals surface area contributed by atoms with Crippen molar-refractivity contribution in [2.24, 2.45) is 5.92 Å². The molecule has 0 saturated carbocycles. The average molecular weight is 491 g/mol. The minimum atomic E-state index is 0.0686. The van der Waals surface area contributed by atoms with Gasteiger partial charge < -0.3 is 15.3 Å². The Hall–Kier alpha value is -4.24. The van der Waals surface area contributed by atoms with E-state index in [9.17, 15) is 15.3 Å². The number of aromatic hydroxyl groups is 2. The fraction of sp³-hybridized carbons (Fsp3) is 0.176. The summed E-state index contributed by atoms with van der Waals surface area (Å²) in [5.41, 5.74) is 7.81. The molecule has 0 radical (unpaired) electrons. The number of allylic oxidation sites excluding steroid dienone is 6. The smallest absolute Gasteiger partial charge is 0.119 e. The van der Waals surface area contributed by atoms with Gasteiger partial charge in [0.1, 0.15) is 17.3 Å². The van der Waals surface area contributed by atoms with Crippen LogP contribution in [0.2, 0.25) is 0 Å². The van der Waals surface area contributed by atoms with Gasteiger partial charge in [0, 0.05) is 5.92 Å². The van der Waals surface area contributed by atoms with Crippen LogP contribution in [-0.2, 0) is 12.8 Å². The summed E-state index contributed by atoms with van der Waals surface area (Å²) in [6, 6.07) is 17.9. The zero-order chi connectivity index (χ0) is 26.5. The summed E-state index contributed by atoms with van der Waals surface area (Å²) in [5.74, 6) is 0.995. The normalized spacial score (nSPS) is 17.0. The molecule has 0 fully saturated rings. The fourth-order valence-corrected chi connectivity index (χ4v) is 5.11. The number of aliphatic hydroxyl groups is 1. The maximum atomic E-state index is 10.5. The van der Waals surface area contributed by atoms with E-state index in [1.165, 1.54) is 0 Å². The maximum Gasteiger partial charge on any atom is 0.119 e. The molecule has 3 aromatic rings. The Kier molecular flexibility index (Phi) is 7.83. The number of hydrogen-bond donors (Lipinski definition) is 3. The summed E-state index contributed by atoms with van der Waals surface area (Å²) >= 11 is 0. The molecule has 4 rings (SSSR count). The Morgan fingerprint density at radius 2 is 1.19 bits per heavy atom. The quantitative estimate of drug-likeness (QED) is 0.263. The van der Waals surface area contributed by atoms with Gasteiger partial charge in [-0.25, -0.2) is 0 Å². The Morgan fingerprint density at radius 1 is 0.676 bits per heavy atom.